The Morgan fingerprint density at radius 1 is 1.43 bits per heavy atom. The van der Waals surface area contributed by atoms with Crippen molar-refractivity contribution in [2.24, 2.45) is 5.92 Å². The Morgan fingerprint density at radius 2 is 2.26 bits per heavy atom. The fourth-order valence-electron chi connectivity index (χ4n) is 2.71. The van der Waals surface area contributed by atoms with Crippen molar-refractivity contribution in [1.29, 1.82) is 0 Å². The molecular weight excluding hydrogens is 332 g/mol. The number of fused-ring (bicyclic) bond motifs is 3. The van der Waals surface area contributed by atoms with Crippen molar-refractivity contribution < 1.29 is 9.59 Å². The van der Waals surface area contributed by atoms with Crippen LogP contribution in [-0.2, 0) is 17.6 Å². The summed E-state index contributed by atoms with van der Waals surface area (Å²) in [7, 11) is 1.47. The third-order valence-corrected chi connectivity index (χ3v) is 6.03. The van der Waals surface area contributed by atoms with E-state index in [1.54, 1.807) is 17.7 Å². The van der Waals surface area contributed by atoms with Crippen LogP contribution in [0.3, 0.4) is 0 Å². The van der Waals surface area contributed by atoms with Gasteiger partial charge in [0.05, 0.1) is 5.75 Å². The summed E-state index contributed by atoms with van der Waals surface area (Å²) in [6, 6.07) is -0.495. The van der Waals surface area contributed by atoms with Gasteiger partial charge in [-0.15, -0.1) is 11.3 Å². The largest absolute Gasteiger partial charge is 0.341 e. The fourth-order valence-corrected chi connectivity index (χ4v) is 4.96. The molecule has 3 rings (SSSR count). The number of rotatable bonds is 3. The van der Waals surface area contributed by atoms with Gasteiger partial charge in [0.1, 0.15) is 16.2 Å². The minimum absolute atomic E-state index is 0.153. The van der Waals surface area contributed by atoms with Crippen LogP contribution in [0.15, 0.2) is 11.4 Å². The molecule has 1 aliphatic rings. The van der Waals surface area contributed by atoms with Gasteiger partial charge in [0.15, 0.2) is 0 Å². The monoisotopic (exact) mass is 350 g/mol. The van der Waals surface area contributed by atoms with E-state index in [1.165, 1.54) is 35.7 Å². The van der Waals surface area contributed by atoms with Crippen LogP contribution in [0.5, 0.6) is 0 Å². The first-order chi connectivity index (χ1) is 11.1. The summed E-state index contributed by atoms with van der Waals surface area (Å²) in [6.45, 7) is 2.28. The molecule has 8 heteroatoms. The van der Waals surface area contributed by atoms with Crippen LogP contribution in [0.1, 0.15) is 23.8 Å². The maximum atomic E-state index is 11.8. The molecule has 0 fully saturated rings. The van der Waals surface area contributed by atoms with Gasteiger partial charge in [0, 0.05) is 17.3 Å². The molecule has 0 bridgehead atoms. The Bertz CT molecular complexity index is 759. The first-order valence-corrected chi connectivity index (χ1v) is 9.28. The molecule has 2 aromatic heterocycles. The zero-order chi connectivity index (χ0) is 16.4. The van der Waals surface area contributed by atoms with Crippen LogP contribution in [0.25, 0.3) is 10.2 Å². The van der Waals surface area contributed by atoms with E-state index < -0.39 is 6.03 Å². The Hall–Kier alpha value is -1.67. The second kappa shape index (κ2) is 6.84. The molecule has 1 aliphatic carbocycles. The molecule has 23 heavy (non-hydrogen) atoms. The molecule has 0 spiro atoms. The number of carbonyl (C=O) groups is 2. The lowest BCUT2D eigenvalue weighted by Crippen LogP contribution is -2.38. The van der Waals surface area contributed by atoms with E-state index in [9.17, 15) is 9.59 Å². The van der Waals surface area contributed by atoms with Crippen LogP contribution < -0.4 is 10.6 Å². The number of nitrogens with zero attached hydrogens (tertiary/aromatic N) is 2. The summed E-state index contributed by atoms with van der Waals surface area (Å²) in [5.41, 5.74) is 1.35. The van der Waals surface area contributed by atoms with Gasteiger partial charge >= 0.3 is 6.03 Å². The number of aryl methyl sites for hydroxylation is 1. The van der Waals surface area contributed by atoms with E-state index >= 15 is 0 Å². The van der Waals surface area contributed by atoms with Crippen LogP contribution in [-0.4, -0.2) is 34.7 Å². The minimum atomic E-state index is -0.495. The van der Waals surface area contributed by atoms with E-state index in [2.05, 4.69) is 27.5 Å². The molecule has 1 atom stereocenters. The zero-order valence-electron chi connectivity index (χ0n) is 13.0. The third kappa shape index (κ3) is 3.48. The van der Waals surface area contributed by atoms with Crippen molar-refractivity contribution in [3.05, 3.63) is 16.8 Å². The van der Waals surface area contributed by atoms with Crippen molar-refractivity contribution in [3.8, 4) is 0 Å². The normalized spacial score (nSPS) is 16.9. The van der Waals surface area contributed by atoms with Gasteiger partial charge in [-0.2, -0.15) is 0 Å². The van der Waals surface area contributed by atoms with Crippen LogP contribution in [0, 0.1) is 5.92 Å². The van der Waals surface area contributed by atoms with Gasteiger partial charge in [-0.1, -0.05) is 18.7 Å². The number of nitrogens with one attached hydrogen (secondary N) is 2. The van der Waals surface area contributed by atoms with E-state index in [-0.39, 0.29) is 11.7 Å². The van der Waals surface area contributed by atoms with E-state index in [4.69, 9.17) is 0 Å². The van der Waals surface area contributed by atoms with Crippen molar-refractivity contribution >= 4 is 45.3 Å². The predicted octanol–water partition coefficient (Wildman–Crippen LogP) is 2.36. The Balaban J connectivity index is 1.81. The average molecular weight is 350 g/mol. The number of hydrogen-bond donors (Lipinski definition) is 2. The van der Waals surface area contributed by atoms with Gasteiger partial charge in [0.25, 0.3) is 0 Å². The molecule has 0 unspecified atom stereocenters. The molecule has 2 N–H and O–H groups in total. The molecule has 2 aromatic rings. The summed E-state index contributed by atoms with van der Waals surface area (Å²) in [4.78, 5) is 34.0. The SMILES string of the molecule is CNC(=O)NC(=O)CSc1ncnc2sc3c(c12)CC[C@H](C)C3. The first kappa shape index (κ1) is 16.2. The molecule has 6 nitrogen and oxygen atoms in total. The summed E-state index contributed by atoms with van der Waals surface area (Å²) >= 11 is 3.09. The van der Waals surface area contributed by atoms with Gasteiger partial charge in [0.2, 0.25) is 5.91 Å². The maximum absolute atomic E-state index is 11.8. The van der Waals surface area contributed by atoms with Gasteiger partial charge in [-0.3, -0.25) is 10.1 Å². The summed E-state index contributed by atoms with van der Waals surface area (Å²) in [5.74, 6) is 0.525. The second-order valence-electron chi connectivity index (χ2n) is 5.63. The molecule has 122 valence electrons. The Morgan fingerprint density at radius 3 is 3.04 bits per heavy atom. The van der Waals surface area contributed by atoms with E-state index in [0.717, 1.165) is 28.1 Å². The number of carbonyl (C=O) groups excluding carboxylic acids is 2. The smallest absolute Gasteiger partial charge is 0.321 e. The highest BCUT2D eigenvalue weighted by Crippen LogP contribution is 2.40. The number of aromatic nitrogens is 2. The lowest BCUT2D eigenvalue weighted by atomic mass is 9.89. The Kier molecular flexibility index (Phi) is 4.82. The van der Waals surface area contributed by atoms with Crippen molar-refractivity contribution in [2.75, 3.05) is 12.8 Å². The summed E-state index contributed by atoms with van der Waals surface area (Å²) in [6.07, 6.45) is 4.86. The quantitative estimate of drug-likeness (QED) is 0.656. The molecule has 0 saturated heterocycles. The van der Waals surface area contributed by atoms with Crippen molar-refractivity contribution in [3.63, 3.8) is 0 Å². The van der Waals surface area contributed by atoms with Gasteiger partial charge in [-0.25, -0.2) is 14.8 Å². The second-order valence-corrected chi connectivity index (χ2v) is 7.67. The lowest BCUT2D eigenvalue weighted by Gasteiger charge is -2.18. The molecule has 0 aromatic carbocycles. The average Bonchev–Trinajstić information content (AvgIpc) is 2.90. The van der Waals surface area contributed by atoms with Crippen LogP contribution >= 0.6 is 23.1 Å². The predicted molar refractivity (Wildman–Crippen MR) is 91.9 cm³/mol. The van der Waals surface area contributed by atoms with Crippen LogP contribution in [0.4, 0.5) is 4.79 Å². The highest BCUT2D eigenvalue weighted by atomic mass is 32.2. The highest BCUT2D eigenvalue weighted by molar-refractivity contribution is 8.00. The number of urea groups is 1. The minimum Gasteiger partial charge on any atom is -0.341 e. The Labute approximate surface area is 142 Å². The first-order valence-electron chi connectivity index (χ1n) is 7.48. The third-order valence-electron chi connectivity index (χ3n) is 3.88. The molecular formula is C15H18N4O2S2. The van der Waals surface area contributed by atoms with Crippen molar-refractivity contribution in [2.45, 2.75) is 31.2 Å². The summed E-state index contributed by atoms with van der Waals surface area (Å²) < 4.78 is 0. The zero-order valence-corrected chi connectivity index (χ0v) is 14.6. The molecule has 0 radical (unpaired) electrons. The lowest BCUT2D eigenvalue weighted by molar-refractivity contribution is -0.117. The molecule has 0 aliphatic heterocycles. The number of thioether (sulfide) groups is 1. The number of amides is 3. The number of imide groups is 1. The topological polar surface area (TPSA) is 84.0 Å². The van der Waals surface area contributed by atoms with Crippen LogP contribution in [0.2, 0.25) is 0 Å². The van der Waals surface area contributed by atoms with Gasteiger partial charge in [-0.05, 0) is 30.7 Å². The standard InChI is InChI=1S/C15H18N4O2S2/c1-8-3-4-9-10(5-8)23-14-12(9)13(17-7-18-14)22-6-11(20)19-15(21)16-2/h7-8H,3-6H2,1-2H3,(H2,16,19,20,21)/t8-/m0/s1. The number of hydrogen-bond acceptors (Lipinski definition) is 6. The van der Waals surface area contributed by atoms with E-state index in [0.29, 0.717) is 5.92 Å². The fraction of sp³-hybridized carbons (Fsp3) is 0.467. The molecule has 0 saturated carbocycles. The van der Waals surface area contributed by atoms with E-state index in [1.807, 2.05) is 0 Å². The maximum Gasteiger partial charge on any atom is 0.321 e. The van der Waals surface area contributed by atoms with Gasteiger partial charge < -0.3 is 5.32 Å². The summed E-state index contributed by atoms with van der Waals surface area (Å²) in [5, 5.41) is 6.54. The van der Waals surface area contributed by atoms with Crippen molar-refractivity contribution in [1.82, 2.24) is 20.6 Å². The highest BCUT2D eigenvalue weighted by Gasteiger charge is 2.23. The molecule has 2 heterocycles. The molecule has 3 amide bonds. The number of thiophene rings is 1.